The van der Waals surface area contributed by atoms with E-state index in [9.17, 15) is 0 Å². The van der Waals surface area contributed by atoms with Crippen molar-refractivity contribution in [1.29, 1.82) is 0 Å². The number of hydrogen-bond acceptors (Lipinski definition) is 3. The fourth-order valence-electron chi connectivity index (χ4n) is 3.02. The van der Waals surface area contributed by atoms with Gasteiger partial charge in [-0.05, 0) is 67.5 Å². The first kappa shape index (κ1) is 15.9. The molecule has 23 heavy (non-hydrogen) atoms. The second-order valence-corrected chi connectivity index (χ2v) is 6.34. The molecule has 0 N–H and O–H groups in total. The second-order valence-electron chi connectivity index (χ2n) is 6.34. The van der Waals surface area contributed by atoms with Gasteiger partial charge in [0.05, 0.1) is 12.9 Å². The highest BCUT2D eigenvalue weighted by Crippen LogP contribution is 2.32. The standard InChI is InChI=1S/C20H25NO2/c1-4-6-16-14-23-19-10-7-15-13-17(8-9-18(15)20(16)19)22-12-5-11-21(2)3/h7-10,13-14H,4-6,11-12H2,1-3H3. The molecule has 0 spiro atoms. The molecule has 122 valence electrons. The van der Waals surface area contributed by atoms with Gasteiger partial charge in [-0.2, -0.15) is 0 Å². The Labute approximate surface area is 137 Å². The lowest BCUT2D eigenvalue weighted by molar-refractivity contribution is 0.282. The zero-order chi connectivity index (χ0) is 16.2. The van der Waals surface area contributed by atoms with Crippen molar-refractivity contribution < 1.29 is 9.15 Å². The van der Waals surface area contributed by atoms with E-state index in [-0.39, 0.29) is 0 Å². The first-order valence-electron chi connectivity index (χ1n) is 8.39. The first-order chi connectivity index (χ1) is 11.2. The highest BCUT2D eigenvalue weighted by molar-refractivity contribution is 6.07. The van der Waals surface area contributed by atoms with E-state index in [1.54, 1.807) is 0 Å². The fourth-order valence-corrected chi connectivity index (χ4v) is 3.02. The minimum Gasteiger partial charge on any atom is -0.494 e. The minimum absolute atomic E-state index is 0.749. The van der Waals surface area contributed by atoms with Crippen molar-refractivity contribution >= 4 is 21.7 Å². The number of nitrogens with zero attached hydrogens (tertiary/aromatic N) is 1. The Bertz CT molecular complexity index is 789. The van der Waals surface area contributed by atoms with Crippen molar-refractivity contribution in [3.63, 3.8) is 0 Å². The molecule has 0 aliphatic heterocycles. The normalized spacial score (nSPS) is 11.7. The van der Waals surface area contributed by atoms with Gasteiger partial charge < -0.3 is 14.1 Å². The SMILES string of the molecule is CCCc1coc2ccc3cc(OCCCN(C)C)ccc3c12. The summed E-state index contributed by atoms with van der Waals surface area (Å²) in [4.78, 5) is 2.18. The van der Waals surface area contributed by atoms with E-state index in [1.165, 1.54) is 21.7 Å². The molecular formula is C20H25NO2. The molecule has 3 aromatic rings. The number of fused-ring (bicyclic) bond motifs is 3. The molecule has 2 aromatic carbocycles. The third-order valence-corrected chi connectivity index (χ3v) is 4.14. The number of hydrogen-bond donors (Lipinski definition) is 0. The van der Waals surface area contributed by atoms with Crippen LogP contribution in [0.15, 0.2) is 41.0 Å². The molecule has 0 unspecified atom stereocenters. The van der Waals surface area contributed by atoms with Crippen LogP contribution >= 0.6 is 0 Å². The van der Waals surface area contributed by atoms with E-state index < -0.39 is 0 Å². The molecule has 3 nitrogen and oxygen atoms in total. The molecule has 1 heterocycles. The van der Waals surface area contributed by atoms with E-state index in [2.05, 4.69) is 56.3 Å². The van der Waals surface area contributed by atoms with Crippen LogP contribution < -0.4 is 4.74 Å². The molecule has 0 amide bonds. The summed E-state index contributed by atoms with van der Waals surface area (Å²) in [7, 11) is 4.17. The molecule has 1 aromatic heterocycles. The Kier molecular flexibility index (Phi) is 4.87. The van der Waals surface area contributed by atoms with Gasteiger partial charge in [-0.25, -0.2) is 0 Å². The van der Waals surface area contributed by atoms with Gasteiger partial charge in [-0.1, -0.05) is 19.4 Å². The molecule has 0 aliphatic rings. The Morgan fingerprint density at radius 1 is 1.13 bits per heavy atom. The molecule has 3 rings (SSSR count). The molecule has 0 fully saturated rings. The van der Waals surface area contributed by atoms with E-state index in [1.807, 2.05) is 6.26 Å². The van der Waals surface area contributed by atoms with E-state index in [0.29, 0.717) is 0 Å². The van der Waals surface area contributed by atoms with Crippen molar-refractivity contribution in [2.75, 3.05) is 27.2 Å². The number of aryl methyl sites for hydroxylation is 1. The Morgan fingerprint density at radius 2 is 2.00 bits per heavy atom. The maximum Gasteiger partial charge on any atom is 0.134 e. The summed E-state index contributed by atoms with van der Waals surface area (Å²) in [6, 6.07) is 10.5. The molecular weight excluding hydrogens is 286 g/mol. The summed E-state index contributed by atoms with van der Waals surface area (Å²) in [6.07, 6.45) is 5.11. The van der Waals surface area contributed by atoms with Crippen LogP contribution in [0.1, 0.15) is 25.3 Å². The molecule has 0 saturated carbocycles. The summed E-state index contributed by atoms with van der Waals surface area (Å²) >= 11 is 0. The summed E-state index contributed by atoms with van der Waals surface area (Å²) in [5, 5.41) is 3.71. The predicted octanol–water partition coefficient (Wildman–Crippen LogP) is 4.87. The van der Waals surface area contributed by atoms with Gasteiger partial charge in [0.25, 0.3) is 0 Å². The monoisotopic (exact) mass is 311 g/mol. The van der Waals surface area contributed by atoms with Crippen molar-refractivity contribution in [3.8, 4) is 5.75 Å². The first-order valence-corrected chi connectivity index (χ1v) is 8.39. The highest BCUT2D eigenvalue weighted by Gasteiger charge is 2.10. The average Bonchev–Trinajstić information content (AvgIpc) is 2.95. The van der Waals surface area contributed by atoms with Crippen molar-refractivity contribution in [2.45, 2.75) is 26.2 Å². The Morgan fingerprint density at radius 3 is 2.78 bits per heavy atom. The van der Waals surface area contributed by atoms with Crippen LogP contribution in [0, 0.1) is 0 Å². The maximum atomic E-state index is 5.89. The topological polar surface area (TPSA) is 25.6 Å². The fraction of sp³-hybridized carbons (Fsp3) is 0.400. The lowest BCUT2D eigenvalue weighted by atomic mass is 10.0. The number of furan rings is 1. The van der Waals surface area contributed by atoms with Crippen molar-refractivity contribution in [1.82, 2.24) is 4.90 Å². The Hall–Kier alpha value is -2.00. The van der Waals surface area contributed by atoms with Crippen LogP contribution in [0.2, 0.25) is 0 Å². The predicted molar refractivity (Wildman–Crippen MR) is 96.4 cm³/mol. The summed E-state index contributed by atoms with van der Waals surface area (Å²) in [5.74, 6) is 0.941. The molecule has 0 aliphatic carbocycles. The van der Waals surface area contributed by atoms with Crippen LogP contribution in [0.4, 0.5) is 0 Å². The van der Waals surface area contributed by atoms with Crippen LogP contribution in [0.25, 0.3) is 21.7 Å². The lowest BCUT2D eigenvalue weighted by Gasteiger charge is -2.11. The number of rotatable bonds is 7. The van der Waals surface area contributed by atoms with Gasteiger partial charge in [0.15, 0.2) is 0 Å². The minimum atomic E-state index is 0.749. The summed E-state index contributed by atoms with van der Waals surface area (Å²) in [6.45, 7) is 3.99. The van der Waals surface area contributed by atoms with Gasteiger partial charge >= 0.3 is 0 Å². The molecule has 0 saturated heterocycles. The maximum absolute atomic E-state index is 5.89. The Balaban J connectivity index is 1.85. The van der Waals surface area contributed by atoms with Crippen LogP contribution in [0.5, 0.6) is 5.75 Å². The third-order valence-electron chi connectivity index (χ3n) is 4.14. The van der Waals surface area contributed by atoms with Gasteiger partial charge in [0.1, 0.15) is 11.3 Å². The van der Waals surface area contributed by atoms with E-state index in [4.69, 9.17) is 9.15 Å². The van der Waals surface area contributed by atoms with Gasteiger partial charge in [0.2, 0.25) is 0 Å². The second kappa shape index (κ2) is 7.05. The van der Waals surface area contributed by atoms with Crippen LogP contribution in [0.3, 0.4) is 0 Å². The highest BCUT2D eigenvalue weighted by atomic mass is 16.5. The van der Waals surface area contributed by atoms with Gasteiger partial charge in [0, 0.05) is 11.9 Å². The summed E-state index contributed by atoms with van der Waals surface area (Å²) in [5.41, 5.74) is 2.27. The number of benzene rings is 2. The smallest absolute Gasteiger partial charge is 0.134 e. The van der Waals surface area contributed by atoms with Crippen molar-refractivity contribution in [2.24, 2.45) is 0 Å². The largest absolute Gasteiger partial charge is 0.494 e. The van der Waals surface area contributed by atoms with E-state index >= 15 is 0 Å². The molecule has 0 bridgehead atoms. The zero-order valence-corrected chi connectivity index (χ0v) is 14.3. The van der Waals surface area contributed by atoms with Crippen molar-refractivity contribution in [3.05, 3.63) is 42.2 Å². The zero-order valence-electron chi connectivity index (χ0n) is 14.3. The lowest BCUT2D eigenvalue weighted by Crippen LogP contribution is -2.15. The molecule has 0 atom stereocenters. The molecule has 3 heteroatoms. The average molecular weight is 311 g/mol. The summed E-state index contributed by atoms with van der Waals surface area (Å²) < 4.78 is 11.6. The van der Waals surface area contributed by atoms with E-state index in [0.717, 1.165) is 43.7 Å². The number of ether oxygens (including phenoxy) is 1. The van der Waals surface area contributed by atoms with Crippen LogP contribution in [-0.4, -0.2) is 32.1 Å². The van der Waals surface area contributed by atoms with Gasteiger partial charge in [-0.3, -0.25) is 0 Å². The third kappa shape index (κ3) is 3.50. The quantitative estimate of drug-likeness (QED) is 0.582. The molecule has 0 radical (unpaired) electrons. The van der Waals surface area contributed by atoms with Gasteiger partial charge in [-0.15, -0.1) is 0 Å². The van der Waals surface area contributed by atoms with Crippen LogP contribution in [-0.2, 0) is 6.42 Å².